The summed E-state index contributed by atoms with van der Waals surface area (Å²) >= 11 is 0. The van der Waals surface area contributed by atoms with Crippen LogP contribution < -0.4 is 33.3 Å². The molecule has 0 amide bonds. The fourth-order valence-electron chi connectivity index (χ4n) is 4.59. The Balaban J connectivity index is 1.71. The Morgan fingerprint density at radius 1 is 1.00 bits per heavy atom. The van der Waals surface area contributed by atoms with Crippen molar-refractivity contribution in [2.45, 2.75) is 25.0 Å². The lowest BCUT2D eigenvalue weighted by atomic mass is 9.87. The number of rotatable bonds is 7. The van der Waals surface area contributed by atoms with Crippen LogP contribution in [0.4, 0.5) is 0 Å². The normalized spacial score (nSPS) is 20.1. The van der Waals surface area contributed by atoms with Crippen molar-refractivity contribution in [1.29, 1.82) is 0 Å². The first-order valence-electron chi connectivity index (χ1n) is 10.3. The highest BCUT2D eigenvalue weighted by Gasteiger charge is 2.38. The molecule has 8 nitrogen and oxygen atoms in total. The molecule has 3 atom stereocenters. The zero-order valence-electron chi connectivity index (χ0n) is 18.6. The minimum Gasteiger partial charge on any atom is -0.493 e. The molecule has 2 aromatic rings. The Kier molecular flexibility index (Phi) is 6.02. The first kappa shape index (κ1) is 21.4. The standard InChI is InChI=1S/C23H29NO7/c1-24-7-6-13-8-19-22(31-12-30-19)23(29-5)20(13)15(24)11-16(25)14-9-17(26-2)21(28-4)18(10-14)27-3/h8-10,15-16,25H,6-7,11-12H2,1-5H3/p+1/t15-,16+/m0/s1. The van der Waals surface area contributed by atoms with E-state index in [0.29, 0.717) is 40.7 Å². The summed E-state index contributed by atoms with van der Waals surface area (Å²) in [5, 5.41) is 11.2. The maximum Gasteiger partial charge on any atom is 0.231 e. The Labute approximate surface area is 182 Å². The summed E-state index contributed by atoms with van der Waals surface area (Å²) in [5.74, 6) is 3.60. The van der Waals surface area contributed by atoms with Gasteiger partial charge in [-0.25, -0.2) is 0 Å². The van der Waals surface area contributed by atoms with Crippen LogP contribution in [0.3, 0.4) is 0 Å². The quantitative estimate of drug-likeness (QED) is 0.689. The molecule has 2 aliphatic rings. The Bertz CT molecular complexity index is 936. The van der Waals surface area contributed by atoms with Gasteiger partial charge in [0.25, 0.3) is 0 Å². The van der Waals surface area contributed by atoms with Crippen molar-refractivity contribution < 1.29 is 38.4 Å². The first-order chi connectivity index (χ1) is 15.0. The number of aliphatic hydroxyl groups is 1. The van der Waals surface area contributed by atoms with E-state index >= 15 is 0 Å². The largest absolute Gasteiger partial charge is 0.493 e. The highest BCUT2D eigenvalue weighted by molar-refractivity contribution is 5.61. The van der Waals surface area contributed by atoms with Crippen molar-refractivity contribution in [3.63, 3.8) is 0 Å². The summed E-state index contributed by atoms with van der Waals surface area (Å²) in [6.45, 7) is 1.14. The second-order valence-corrected chi connectivity index (χ2v) is 7.83. The predicted octanol–water partition coefficient (Wildman–Crippen LogP) is 1.69. The van der Waals surface area contributed by atoms with Gasteiger partial charge in [0.05, 0.1) is 53.7 Å². The van der Waals surface area contributed by atoms with Crippen LogP contribution in [0, 0.1) is 0 Å². The minimum absolute atomic E-state index is 0.0160. The molecule has 2 heterocycles. The van der Waals surface area contributed by atoms with Crippen LogP contribution in [-0.4, -0.2) is 53.9 Å². The summed E-state index contributed by atoms with van der Waals surface area (Å²) in [6.07, 6.45) is 0.660. The van der Waals surface area contributed by atoms with Crippen molar-refractivity contribution >= 4 is 0 Å². The average molecular weight is 432 g/mol. The SMILES string of the molecule is COc1cc([C@H](O)C[C@H]2c3c(cc4c(c3OC)OCO4)CC[NH+]2C)cc(OC)c1OC. The lowest BCUT2D eigenvalue weighted by Gasteiger charge is -2.34. The van der Waals surface area contributed by atoms with Crippen LogP contribution in [0.1, 0.15) is 35.3 Å². The van der Waals surface area contributed by atoms with Crippen LogP contribution in [0.15, 0.2) is 18.2 Å². The van der Waals surface area contributed by atoms with Gasteiger partial charge in [0.2, 0.25) is 18.3 Å². The molecular formula is C23H30NO7+. The number of ether oxygens (including phenoxy) is 6. The summed E-state index contributed by atoms with van der Waals surface area (Å²) in [4.78, 5) is 1.30. The van der Waals surface area contributed by atoms with Gasteiger partial charge in [-0.3, -0.25) is 0 Å². The van der Waals surface area contributed by atoms with E-state index in [0.717, 1.165) is 24.3 Å². The summed E-state index contributed by atoms with van der Waals surface area (Å²) in [6, 6.07) is 5.65. The molecule has 0 saturated heterocycles. The zero-order chi connectivity index (χ0) is 22.1. The number of quaternary nitrogens is 1. The fourth-order valence-corrected chi connectivity index (χ4v) is 4.59. The summed E-state index contributed by atoms with van der Waals surface area (Å²) in [5.41, 5.74) is 2.95. The van der Waals surface area contributed by atoms with E-state index in [9.17, 15) is 5.11 Å². The molecule has 168 valence electrons. The van der Waals surface area contributed by atoms with Crippen molar-refractivity contribution in [1.82, 2.24) is 0 Å². The van der Waals surface area contributed by atoms with E-state index in [2.05, 4.69) is 7.05 Å². The molecule has 2 aliphatic heterocycles. The Hall–Kier alpha value is -2.84. The molecule has 2 N–H and O–H groups in total. The molecule has 1 unspecified atom stereocenters. The Morgan fingerprint density at radius 2 is 1.68 bits per heavy atom. The third-order valence-electron chi connectivity index (χ3n) is 6.21. The van der Waals surface area contributed by atoms with Gasteiger partial charge in [-0.1, -0.05) is 0 Å². The maximum atomic E-state index is 11.2. The number of nitrogens with one attached hydrogen (secondary N) is 1. The Morgan fingerprint density at radius 3 is 2.29 bits per heavy atom. The van der Waals surface area contributed by atoms with E-state index in [4.69, 9.17) is 28.4 Å². The smallest absolute Gasteiger partial charge is 0.231 e. The molecule has 0 saturated carbocycles. The summed E-state index contributed by atoms with van der Waals surface area (Å²) in [7, 11) is 8.48. The molecule has 0 aliphatic carbocycles. The molecule has 31 heavy (non-hydrogen) atoms. The van der Waals surface area contributed by atoms with Crippen LogP contribution in [0.2, 0.25) is 0 Å². The van der Waals surface area contributed by atoms with Crippen molar-refractivity contribution in [3.8, 4) is 34.5 Å². The molecule has 2 aromatic carbocycles. The van der Waals surface area contributed by atoms with Gasteiger partial charge in [0.15, 0.2) is 23.0 Å². The molecule has 0 spiro atoms. The third kappa shape index (κ3) is 3.70. The lowest BCUT2D eigenvalue weighted by Crippen LogP contribution is -3.10. The van der Waals surface area contributed by atoms with Gasteiger partial charge >= 0.3 is 0 Å². The molecular weight excluding hydrogens is 402 g/mol. The zero-order valence-corrected chi connectivity index (χ0v) is 18.6. The highest BCUT2D eigenvalue weighted by atomic mass is 16.7. The van der Waals surface area contributed by atoms with Crippen molar-refractivity contribution in [2.75, 3.05) is 48.8 Å². The molecule has 8 heteroatoms. The number of hydrogen-bond acceptors (Lipinski definition) is 7. The van der Waals surface area contributed by atoms with E-state index in [1.807, 2.05) is 6.07 Å². The number of likely N-dealkylation sites (N-methyl/N-ethyl adjacent to an activating group) is 1. The van der Waals surface area contributed by atoms with E-state index in [1.54, 1.807) is 40.6 Å². The molecule has 0 bridgehead atoms. The predicted molar refractivity (Wildman–Crippen MR) is 113 cm³/mol. The molecule has 4 rings (SSSR count). The number of hydrogen-bond donors (Lipinski definition) is 2. The number of methoxy groups -OCH3 is 4. The monoisotopic (exact) mass is 432 g/mol. The molecule has 0 radical (unpaired) electrons. The van der Waals surface area contributed by atoms with E-state index in [1.165, 1.54) is 10.5 Å². The highest BCUT2D eigenvalue weighted by Crippen LogP contribution is 2.49. The minimum atomic E-state index is -0.741. The summed E-state index contributed by atoms with van der Waals surface area (Å²) < 4.78 is 33.3. The first-order valence-corrected chi connectivity index (χ1v) is 10.3. The number of fused-ring (bicyclic) bond motifs is 2. The fraction of sp³-hybridized carbons (Fsp3) is 0.478. The van der Waals surface area contributed by atoms with E-state index in [-0.39, 0.29) is 12.8 Å². The number of benzene rings is 2. The van der Waals surface area contributed by atoms with Crippen molar-refractivity contribution in [2.24, 2.45) is 0 Å². The topological polar surface area (TPSA) is 80.1 Å². The van der Waals surface area contributed by atoms with Gasteiger partial charge < -0.3 is 38.4 Å². The van der Waals surface area contributed by atoms with Gasteiger partial charge in [-0.15, -0.1) is 0 Å². The maximum absolute atomic E-state index is 11.2. The van der Waals surface area contributed by atoms with Gasteiger partial charge in [-0.2, -0.15) is 0 Å². The van der Waals surface area contributed by atoms with E-state index < -0.39 is 6.10 Å². The van der Waals surface area contributed by atoms with Crippen LogP contribution in [0.25, 0.3) is 0 Å². The van der Waals surface area contributed by atoms with Crippen LogP contribution in [0.5, 0.6) is 34.5 Å². The van der Waals surface area contributed by atoms with Gasteiger partial charge in [0, 0.05) is 12.8 Å². The second kappa shape index (κ2) is 8.72. The van der Waals surface area contributed by atoms with Gasteiger partial charge in [-0.05, 0) is 29.3 Å². The molecule has 0 fully saturated rings. The van der Waals surface area contributed by atoms with Crippen molar-refractivity contribution in [3.05, 3.63) is 34.9 Å². The second-order valence-electron chi connectivity index (χ2n) is 7.83. The van der Waals surface area contributed by atoms with Crippen LogP contribution in [-0.2, 0) is 6.42 Å². The average Bonchev–Trinajstić information content (AvgIpc) is 3.26. The van der Waals surface area contributed by atoms with Crippen LogP contribution >= 0.6 is 0 Å². The third-order valence-corrected chi connectivity index (χ3v) is 6.21. The lowest BCUT2D eigenvalue weighted by molar-refractivity contribution is -0.915. The van der Waals surface area contributed by atoms with Gasteiger partial charge in [0.1, 0.15) is 6.04 Å². The molecule has 0 aromatic heterocycles. The number of aliphatic hydroxyl groups excluding tert-OH is 1.